The zero-order valence-electron chi connectivity index (χ0n) is 16.2. The maximum Gasteiger partial charge on any atom is 0.255 e. The number of carbonyl (C=O) groups excluding carboxylic acids is 2. The number of likely N-dealkylation sites (tertiary alicyclic amines) is 1. The van der Waals surface area contributed by atoms with Gasteiger partial charge in [0.15, 0.2) is 0 Å². The molecule has 8 heteroatoms. The first kappa shape index (κ1) is 20.1. The highest BCUT2D eigenvalue weighted by atomic mass is 35.5. The van der Waals surface area contributed by atoms with Gasteiger partial charge in [-0.1, -0.05) is 17.7 Å². The predicted octanol–water partition coefficient (Wildman–Crippen LogP) is 3.00. The quantitative estimate of drug-likeness (QED) is 0.779. The molecule has 3 heterocycles. The molecule has 1 aliphatic rings. The van der Waals surface area contributed by atoms with Gasteiger partial charge >= 0.3 is 0 Å². The number of amides is 2. The minimum Gasteiger partial charge on any atom is -0.363 e. The number of hydrogen-bond acceptors (Lipinski definition) is 5. The van der Waals surface area contributed by atoms with Crippen LogP contribution < -0.4 is 5.32 Å². The summed E-state index contributed by atoms with van der Waals surface area (Å²) in [4.78, 5) is 36.2. The van der Waals surface area contributed by atoms with Gasteiger partial charge in [0.05, 0.1) is 17.6 Å². The first-order valence-corrected chi connectivity index (χ1v) is 9.59. The Morgan fingerprint density at radius 2 is 2.04 bits per heavy atom. The van der Waals surface area contributed by atoms with Crippen molar-refractivity contribution in [3.63, 3.8) is 0 Å². The third-order valence-corrected chi connectivity index (χ3v) is 5.34. The topological polar surface area (TPSA) is 78.4 Å². The van der Waals surface area contributed by atoms with Crippen molar-refractivity contribution in [2.75, 3.05) is 25.5 Å². The van der Waals surface area contributed by atoms with E-state index >= 15 is 0 Å². The van der Waals surface area contributed by atoms with Crippen molar-refractivity contribution < 1.29 is 9.59 Å². The Hall–Kier alpha value is -2.67. The number of likely N-dealkylation sites (N-methyl/N-ethyl adjacent to an activating group) is 1. The van der Waals surface area contributed by atoms with Crippen molar-refractivity contribution in [2.24, 2.45) is 0 Å². The summed E-state index contributed by atoms with van der Waals surface area (Å²) in [5, 5.41) is 3.74. The fourth-order valence-electron chi connectivity index (χ4n) is 3.24. The maximum absolute atomic E-state index is 12.7. The predicted molar refractivity (Wildman–Crippen MR) is 108 cm³/mol. The lowest BCUT2D eigenvalue weighted by molar-refractivity contribution is -0.129. The zero-order valence-corrected chi connectivity index (χ0v) is 17.0. The Morgan fingerprint density at radius 1 is 1.25 bits per heavy atom. The molecule has 7 nitrogen and oxygen atoms in total. The molecule has 0 aliphatic carbocycles. The summed E-state index contributed by atoms with van der Waals surface area (Å²) < 4.78 is 0. The van der Waals surface area contributed by atoms with Crippen LogP contribution in [0.4, 0.5) is 5.82 Å². The highest BCUT2D eigenvalue weighted by Gasteiger charge is 2.30. The maximum atomic E-state index is 12.7. The molecule has 1 fully saturated rings. The van der Waals surface area contributed by atoms with Gasteiger partial charge < -0.3 is 15.1 Å². The molecule has 2 amide bonds. The Morgan fingerprint density at radius 3 is 2.64 bits per heavy atom. The van der Waals surface area contributed by atoms with E-state index in [2.05, 4.69) is 15.3 Å². The fraction of sp³-hybridized carbons (Fsp3) is 0.400. The Bertz CT molecular complexity index is 841. The van der Waals surface area contributed by atoms with E-state index in [4.69, 9.17) is 11.6 Å². The second kappa shape index (κ2) is 8.56. The molecular weight excluding hydrogens is 378 g/mol. The van der Waals surface area contributed by atoms with Gasteiger partial charge in [0.25, 0.3) is 5.91 Å². The van der Waals surface area contributed by atoms with E-state index in [1.807, 2.05) is 13.0 Å². The molecule has 2 aromatic heterocycles. The Kier molecular flexibility index (Phi) is 6.14. The lowest BCUT2D eigenvalue weighted by Gasteiger charge is -2.23. The van der Waals surface area contributed by atoms with Gasteiger partial charge in [0, 0.05) is 39.5 Å². The summed E-state index contributed by atoms with van der Waals surface area (Å²) in [5.41, 5.74) is 1.53. The van der Waals surface area contributed by atoms with Gasteiger partial charge in [-0.3, -0.25) is 9.59 Å². The minimum absolute atomic E-state index is 0.000256. The first-order chi connectivity index (χ1) is 13.3. The Balaban J connectivity index is 1.60. The molecule has 0 aromatic carbocycles. The largest absolute Gasteiger partial charge is 0.363 e. The van der Waals surface area contributed by atoms with Crippen LogP contribution >= 0.6 is 11.6 Å². The van der Waals surface area contributed by atoms with Crippen LogP contribution in [-0.4, -0.2) is 57.8 Å². The number of halogens is 1. The second-order valence-corrected chi connectivity index (χ2v) is 7.42. The standard InChI is InChI=1S/C20H24ClN5O2/c1-13(15-4-6-18(21)22-10-15)24-19-7-5-16(11-23-19)20(28)26-9-8-17(12-26)25(3)14(2)27/h4-7,10-11,13,17H,8-9,12H2,1-3H3,(H,23,24)/t13-,17-/m0/s1. The van der Waals surface area contributed by atoms with Crippen molar-refractivity contribution in [2.45, 2.75) is 32.4 Å². The molecule has 148 valence electrons. The minimum atomic E-state index is -0.0616. The van der Waals surface area contributed by atoms with Gasteiger partial charge in [-0.05, 0) is 37.1 Å². The number of rotatable bonds is 5. The summed E-state index contributed by atoms with van der Waals surface area (Å²) in [6.45, 7) is 4.74. The van der Waals surface area contributed by atoms with Crippen molar-refractivity contribution in [3.05, 3.63) is 52.9 Å². The molecule has 0 radical (unpaired) electrons. The summed E-state index contributed by atoms with van der Waals surface area (Å²) in [6, 6.07) is 7.29. The van der Waals surface area contributed by atoms with Gasteiger partial charge in [-0.2, -0.15) is 0 Å². The zero-order chi connectivity index (χ0) is 20.3. The van der Waals surface area contributed by atoms with E-state index < -0.39 is 0 Å². The normalized spacial score (nSPS) is 17.3. The number of hydrogen-bond donors (Lipinski definition) is 1. The smallest absolute Gasteiger partial charge is 0.255 e. The highest BCUT2D eigenvalue weighted by Crippen LogP contribution is 2.20. The fourth-order valence-corrected chi connectivity index (χ4v) is 3.35. The molecule has 1 saturated heterocycles. The van der Waals surface area contributed by atoms with Gasteiger partial charge in [-0.15, -0.1) is 0 Å². The number of anilines is 1. The van der Waals surface area contributed by atoms with Crippen molar-refractivity contribution in [1.82, 2.24) is 19.8 Å². The molecular formula is C20H24ClN5O2. The van der Waals surface area contributed by atoms with E-state index in [0.29, 0.717) is 29.6 Å². The number of nitrogens with zero attached hydrogens (tertiary/aromatic N) is 4. The second-order valence-electron chi connectivity index (χ2n) is 7.04. The average Bonchev–Trinajstić information content (AvgIpc) is 3.18. The number of pyridine rings is 2. The molecule has 1 N–H and O–H groups in total. The van der Waals surface area contributed by atoms with Crippen LogP contribution in [0, 0.1) is 0 Å². The first-order valence-electron chi connectivity index (χ1n) is 9.22. The van der Waals surface area contributed by atoms with Crippen LogP contribution in [0.2, 0.25) is 5.15 Å². The molecule has 3 rings (SSSR count). The van der Waals surface area contributed by atoms with E-state index in [0.717, 1.165) is 12.0 Å². The number of carbonyl (C=O) groups is 2. The lowest BCUT2D eigenvalue weighted by Crippen LogP contribution is -2.38. The summed E-state index contributed by atoms with van der Waals surface area (Å²) in [5.74, 6) is 0.629. The monoisotopic (exact) mass is 401 g/mol. The molecule has 0 saturated carbocycles. The van der Waals surface area contributed by atoms with Gasteiger partial charge in [0.1, 0.15) is 11.0 Å². The van der Waals surface area contributed by atoms with Crippen LogP contribution in [-0.2, 0) is 4.79 Å². The van der Waals surface area contributed by atoms with E-state index in [9.17, 15) is 9.59 Å². The molecule has 2 aromatic rings. The van der Waals surface area contributed by atoms with Crippen LogP contribution in [0.15, 0.2) is 36.7 Å². The van der Waals surface area contributed by atoms with E-state index in [1.54, 1.807) is 54.4 Å². The highest BCUT2D eigenvalue weighted by molar-refractivity contribution is 6.29. The van der Waals surface area contributed by atoms with Crippen molar-refractivity contribution in [3.8, 4) is 0 Å². The van der Waals surface area contributed by atoms with E-state index in [-0.39, 0.29) is 23.9 Å². The van der Waals surface area contributed by atoms with Gasteiger partial charge in [-0.25, -0.2) is 9.97 Å². The Labute approximate surface area is 169 Å². The third-order valence-electron chi connectivity index (χ3n) is 5.12. The summed E-state index contributed by atoms with van der Waals surface area (Å²) in [6.07, 6.45) is 4.10. The summed E-state index contributed by atoms with van der Waals surface area (Å²) >= 11 is 5.82. The van der Waals surface area contributed by atoms with Crippen LogP contribution in [0.25, 0.3) is 0 Å². The van der Waals surface area contributed by atoms with Crippen LogP contribution in [0.5, 0.6) is 0 Å². The van der Waals surface area contributed by atoms with Crippen LogP contribution in [0.3, 0.4) is 0 Å². The van der Waals surface area contributed by atoms with E-state index in [1.165, 1.54) is 0 Å². The lowest BCUT2D eigenvalue weighted by atomic mass is 10.1. The number of aromatic nitrogens is 2. The van der Waals surface area contributed by atoms with Crippen molar-refractivity contribution in [1.29, 1.82) is 0 Å². The molecule has 0 unspecified atom stereocenters. The summed E-state index contributed by atoms with van der Waals surface area (Å²) in [7, 11) is 1.78. The number of nitrogens with one attached hydrogen (secondary N) is 1. The van der Waals surface area contributed by atoms with Gasteiger partial charge in [0.2, 0.25) is 5.91 Å². The molecule has 2 atom stereocenters. The molecule has 0 spiro atoms. The SMILES string of the molecule is CC(=O)N(C)[C@H]1CCN(C(=O)c2ccc(N[C@@H](C)c3ccc(Cl)nc3)nc2)C1. The molecule has 1 aliphatic heterocycles. The van der Waals surface area contributed by atoms with Crippen molar-refractivity contribution >= 4 is 29.2 Å². The molecule has 28 heavy (non-hydrogen) atoms. The molecule has 0 bridgehead atoms. The third kappa shape index (κ3) is 4.59. The van der Waals surface area contributed by atoms with Crippen LogP contribution in [0.1, 0.15) is 42.2 Å². The average molecular weight is 402 g/mol.